The Morgan fingerprint density at radius 2 is 1.77 bits per heavy atom. The van der Waals surface area contributed by atoms with Gasteiger partial charge in [0.05, 0.1) is 36.8 Å². The van der Waals surface area contributed by atoms with Gasteiger partial charge >= 0.3 is 5.97 Å². The van der Waals surface area contributed by atoms with Crippen molar-refractivity contribution in [3.05, 3.63) is 64.2 Å². The highest BCUT2D eigenvalue weighted by Crippen LogP contribution is 2.38. The number of hydrogen-bond donors (Lipinski definition) is 0. The molecule has 0 radical (unpaired) electrons. The zero-order valence-electron chi connectivity index (χ0n) is 21.2. The minimum atomic E-state index is -0.699. The summed E-state index contributed by atoms with van der Waals surface area (Å²) in [6.07, 6.45) is 3.58. The standard InChI is InChI=1S/C28H34N2O5/c1-20(2)28(19-29,24-10-9-23(18-32)26(16-24)34-4)12-6-13-30(3)14-11-21-7-8-22(17-31)25(15-21)27(33)35-5/h7-10,15-18,20H,6,11-14H2,1-5H3. The fourth-order valence-electron chi connectivity index (χ4n) is 4.31. The molecule has 2 aromatic rings. The molecule has 0 saturated carbocycles. The van der Waals surface area contributed by atoms with Gasteiger partial charge in [-0.25, -0.2) is 4.79 Å². The topological polar surface area (TPSA) is 96.7 Å². The molecular formula is C28H34N2O5. The average Bonchev–Trinajstić information content (AvgIpc) is 2.88. The Morgan fingerprint density at radius 1 is 1.09 bits per heavy atom. The molecule has 0 aromatic heterocycles. The van der Waals surface area contributed by atoms with Gasteiger partial charge in [0.15, 0.2) is 12.6 Å². The fourth-order valence-corrected chi connectivity index (χ4v) is 4.31. The maximum absolute atomic E-state index is 12.0. The summed E-state index contributed by atoms with van der Waals surface area (Å²) < 4.78 is 10.1. The lowest BCUT2D eigenvalue weighted by molar-refractivity contribution is 0.0598. The number of benzene rings is 2. The van der Waals surface area contributed by atoms with E-state index in [4.69, 9.17) is 9.47 Å². The van der Waals surface area contributed by atoms with E-state index in [9.17, 15) is 19.6 Å². The van der Waals surface area contributed by atoms with Crippen molar-refractivity contribution in [1.29, 1.82) is 5.26 Å². The van der Waals surface area contributed by atoms with E-state index in [1.807, 2.05) is 33.0 Å². The third-order valence-corrected chi connectivity index (χ3v) is 6.60. The van der Waals surface area contributed by atoms with E-state index >= 15 is 0 Å². The van der Waals surface area contributed by atoms with Crippen molar-refractivity contribution >= 4 is 18.5 Å². The Bertz CT molecular complexity index is 1090. The van der Waals surface area contributed by atoms with Crippen molar-refractivity contribution in [2.24, 2.45) is 5.92 Å². The van der Waals surface area contributed by atoms with Crippen LogP contribution in [-0.4, -0.2) is 57.8 Å². The molecule has 0 amide bonds. The second kappa shape index (κ2) is 12.8. The molecule has 186 valence electrons. The molecule has 1 unspecified atom stereocenters. The maximum atomic E-state index is 12.0. The molecule has 2 rings (SSSR count). The third-order valence-electron chi connectivity index (χ3n) is 6.60. The number of carbonyl (C=O) groups is 3. The van der Waals surface area contributed by atoms with E-state index in [1.165, 1.54) is 14.2 Å². The highest BCUT2D eigenvalue weighted by atomic mass is 16.5. The van der Waals surface area contributed by atoms with Crippen LogP contribution in [0.4, 0.5) is 0 Å². The van der Waals surface area contributed by atoms with Crippen molar-refractivity contribution in [2.75, 3.05) is 34.4 Å². The molecule has 7 heteroatoms. The Hall–Kier alpha value is -3.50. The van der Waals surface area contributed by atoms with Crippen LogP contribution in [0, 0.1) is 17.2 Å². The van der Waals surface area contributed by atoms with Gasteiger partial charge in [0.1, 0.15) is 5.75 Å². The number of esters is 1. The van der Waals surface area contributed by atoms with Gasteiger partial charge in [0.2, 0.25) is 0 Å². The fraction of sp³-hybridized carbons (Fsp3) is 0.429. The number of methoxy groups -OCH3 is 2. The molecule has 1 atom stereocenters. The first-order valence-corrected chi connectivity index (χ1v) is 11.7. The van der Waals surface area contributed by atoms with E-state index in [0.717, 1.165) is 36.9 Å². The minimum Gasteiger partial charge on any atom is -0.496 e. The number of rotatable bonds is 13. The molecule has 2 aromatic carbocycles. The number of hydrogen-bond acceptors (Lipinski definition) is 7. The van der Waals surface area contributed by atoms with Crippen molar-refractivity contribution in [2.45, 2.75) is 38.5 Å². The summed E-state index contributed by atoms with van der Waals surface area (Å²) in [7, 11) is 4.83. The van der Waals surface area contributed by atoms with Gasteiger partial charge in [0, 0.05) is 12.1 Å². The van der Waals surface area contributed by atoms with Crippen LogP contribution in [0.3, 0.4) is 0 Å². The first-order valence-electron chi connectivity index (χ1n) is 11.7. The number of ether oxygens (including phenoxy) is 2. The van der Waals surface area contributed by atoms with E-state index in [0.29, 0.717) is 36.0 Å². The van der Waals surface area contributed by atoms with Crippen LogP contribution in [-0.2, 0) is 16.6 Å². The molecule has 7 nitrogen and oxygen atoms in total. The minimum absolute atomic E-state index is 0.0673. The smallest absolute Gasteiger partial charge is 0.338 e. The van der Waals surface area contributed by atoms with Crippen LogP contribution in [0.25, 0.3) is 0 Å². The second-order valence-electron chi connectivity index (χ2n) is 9.00. The van der Waals surface area contributed by atoms with Crippen LogP contribution in [0.1, 0.15) is 68.9 Å². The number of nitriles is 1. The Kier molecular flexibility index (Phi) is 10.2. The van der Waals surface area contributed by atoms with Gasteiger partial charge in [-0.1, -0.05) is 32.0 Å². The molecule has 0 bridgehead atoms. The van der Waals surface area contributed by atoms with Gasteiger partial charge in [-0.05, 0) is 68.1 Å². The van der Waals surface area contributed by atoms with Crippen LogP contribution in [0.5, 0.6) is 5.75 Å². The van der Waals surface area contributed by atoms with Gasteiger partial charge < -0.3 is 14.4 Å². The average molecular weight is 479 g/mol. The zero-order valence-corrected chi connectivity index (χ0v) is 21.2. The quantitative estimate of drug-likeness (QED) is 0.309. The van der Waals surface area contributed by atoms with Crippen LogP contribution >= 0.6 is 0 Å². The zero-order chi connectivity index (χ0) is 26.0. The predicted octanol–water partition coefficient (Wildman–Crippen LogP) is 4.48. The van der Waals surface area contributed by atoms with Crippen molar-refractivity contribution in [3.63, 3.8) is 0 Å². The lowest BCUT2D eigenvalue weighted by atomic mass is 9.69. The van der Waals surface area contributed by atoms with E-state index in [-0.39, 0.29) is 11.5 Å². The molecular weight excluding hydrogens is 444 g/mol. The molecule has 0 heterocycles. The third kappa shape index (κ3) is 6.55. The summed E-state index contributed by atoms with van der Waals surface area (Å²) in [6.45, 7) is 5.62. The van der Waals surface area contributed by atoms with Crippen molar-refractivity contribution in [3.8, 4) is 11.8 Å². The summed E-state index contributed by atoms with van der Waals surface area (Å²) in [5.74, 6) is 0.0149. The highest BCUT2D eigenvalue weighted by Gasteiger charge is 2.36. The van der Waals surface area contributed by atoms with Crippen molar-refractivity contribution < 1.29 is 23.9 Å². The normalized spacial score (nSPS) is 12.6. The first-order chi connectivity index (χ1) is 16.8. The summed E-state index contributed by atoms with van der Waals surface area (Å²) in [4.78, 5) is 36.6. The second-order valence-corrected chi connectivity index (χ2v) is 9.00. The monoisotopic (exact) mass is 478 g/mol. The lowest BCUT2D eigenvalue weighted by Gasteiger charge is -2.32. The maximum Gasteiger partial charge on any atom is 0.338 e. The highest BCUT2D eigenvalue weighted by molar-refractivity contribution is 5.98. The molecule has 0 N–H and O–H groups in total. The number of likely N-dealkylation sites (N-methyl/N-ethyl adjacent to an activating group) is 1. The van der Waals surface area contributed by atoms with Gasteiger partial charge in [0.25, 0.3) is 0 Å². The van der Waals surface area contributed by atoms with E-state index in [1.54, 1.807) is 24.3 Å². The molecule has 0 spiro atoms. The molecule has 0 aliphatic heterocycles. The summed E-state index contributed by atoms with van der Waals surface area (Å²) in [6, 6.07) is 13.1. The Labute approximate surface area is 207 Å². The summed E-state index contributed by atoms with van der Waals surface area (Å²) in [5.41, 5.74) is 2.14. The van der Waals surface area contributed by atoms with Gasteiger partial charge in [-0.3, -0.25) is 9.59 Å². The molecule has 0 aliphatic rings. The number of aldehydes is 2. The van der Waals surface area contributed by atoms with E-state index < -0.39 is 11.4 Å². The molecule has 35 heavy (non-hydrogen) atoms. The molecule has 0 saturated heterocycles. The number of nitrogens with zero attached hydrogens (tertiary/aromatic N) is 2. The molecule has 0 aliphatic carbocycles. The SMILES string of the molecule is COC(=O)c1cc(CCN(C)CCCC(C#N)(c2ccc(C=O)c(OC)c2)C(C)C)ccc1C=O. The molecule has 0 fully saturated rings. The summed E-state index contributed by atoms with van der Waals surface area (Å²) >= 11 is 0. The predicted molar refractivity (Wildman–Crippen MR) is 134 cm³/mol. The largest absolute Gasteiger partial charge is 0.496 e. The van der Waals surface area contributed by atoms with Crippen LogP contribution in [0.15, 0.2) is 36.4 Å². The van der Waals surface area contributed by atoms with E-state index in [2.05, 4.69) is 11.0 Å². The van der Waals surface area contributed by atoms with Gasteiger partial charge in [-0.15, -0.1) is 0 Å². The van der Waals surface area contributed by atoms with Crippen molar-refractivity contribution in [1.82, 2.24) is 4.90 Å². The Morgan fingerprint density at radius 3 is 2.34 bits per heavy atom. The van der Waals surface area contributed by atoms with Gasteiger partial charge in [-0.2, -0.15) is 5.26 Å². The van der Waals surface area contributed by atoms with Crippen LogP contribution in [0.2, 0.25) is 0 Å². The first kappa shape index (κ1) is 27.7. The van der Waals surface area contributed by atoms with Crippen LogP contribution < -0.4 is 4.74 Å². The summed E-state index contributed by atoms with van der Waals surface area (Å²) in [5, 5.41) is 10.2. The lowest BCUT2D eigenvalue weighted by Crippen LogP contribution is -2.32. The number of carbonyl (C=O) groups excluding carboxylic acids is 3. The Balaban J connectivity index is 2.06.